The first-order valence-electron chi connectivity index (χ1n) is 6.78. The Labute approximate surface area is 143 Å². The van der Waals surface area contributed by atoms with E-state index in [0.717, 1.165) is 11.8 Å². The lowest BCUT2D eigenvalue weighted by atomic mass is 10.0. The van der Waals surface area contributed by atoms with Crippen LogP contribution in [0.3, 0.4) is 0 Å². The molecule has 128 valence electrons. The second-order valence-electron chi connectivity index (χ2n) is 4.67. The largest absolute Gasteiger partial charge is 0.394 e. The van der Waals surface area contributed by atoms with Crippen LogP contribution in [-0.4, -0.2) is 67.1 Å². The van der Waals surface area contributed by atoms with Crippen LogP contribution in [0.1, 0.15) is 5.56 Å². The Morgan fingerprint density at radius 3 is 2.43 bits per heavy atom. The first-order valence-corrected chi connectivity index (χ1v) is 8.18. The zero-order valence-corrected chi connectivity index (χ0v) is 13.8. The predicted molar refractivity (Wildman–Crippen MR) is 93.1 cm³/mol. The molecular weight excluding hydrogens is 340 g/mol. The topological polar surface area (TPSA) is 126 Å². The summed E-state index contributed by atoms with van der Waals surface area (Å²) in [7, 11) is 0. The van der Waals surface area contributed by atoms with Gasteiger partial charge in [-0.25, -0.2) is 0 Å². The van der Waals surface area contributed by atoms with Crippen LogP contribution in [0.4, 0.5) is 0 Å². The zero-order chi connectivity index (χ0) is 17.2. The fourth-order valence-corrected chi connectivity index (χ4v) is 2.38. The maximum atomic E-state index is 9.61. The number of hydrazone groups is 1. The molecule has 4 atom stereocenters. The van der Waals surface area contributed by atoms with E-state index in [-0.39, 0.29) is 0 Å². The number of nitrogens with zero attached hydrogens (tertiary/aromatic N) is 1. The molecule has 0 radical (unpaired) electrons. The molecule has 0 fully saturated rings. The fraction of sp³-hybridized carbons (Fsp3) is 0.429. The molecule has 0 saturated carbocycles. The molecule has 1 aromatic rings. The van der Waals surface area contributed by atoms with Gasteiger partial charge in [-0.1, -0.05) is 54.3 Å². The van der Waals surface area contributed by atoms with E-state index >= 15 is 0 Å². The zero-order valence-electron chi connectivity index (χ0n) is 12.2. The second-order valence-corrected chi connectivity index (χ2v) is 6.33. The van der Waals surface area contributed by atoms with Gasteiger partial charge in [0, 0.05) is 5.75 Å². The van der Waals surface area contributed by atoms with Crippen molar-refractivity contribution in [3.63, 3.8) is 0 Å². The molecule has 1 aromatic carbocycles. The number of rotatable bonds is 8. The minimum atomic E-state index is -1.69. The molecular formula is C14H20N2O5S2. The normalized spacial score (nSPS) is 16.7. The fourth-order valence-electron chi connectivity index (χ4n) is 1.55. The predicted octanol–water partition coefficient (Wildman–Crippen LogP) is -0.784. The Balaban J connectivity index is 2.35. The monoisotopic (exact) mass is 360 g/mol. The van der Waals surface area contributed by atoms with E-state index in [1.54, 1.807) is 0 Å². The van der Waals surface area contributed by atoms with Crippen molar-refractivity contribution in [2.75, 3.05) is 6.61 Å². The quantitative estimate of drug-likeness (QED) is 0.203. The third-order valence-corrected chi connectivity index (χ3v) is 4.15. The Morgan fingerprint density at radius 1 is 1.17 bits per heavy atom. The molecule has 0 spiro atoms. The molecule has 0 aromatic heterocycles. The van der Waals surface area contributed by atoms with E-state index in [2.05, 4.69) is 10.5 Å². The molecule has 6 N–H and O–H groups in total. The number of nitrogens with one attached hydrogen (secondary N) is 1. The molecule has 0 bridgehead atoms. The van der Waals surface area contributed by atoms with Crippen molar-refractivity contribution in [2.45, 2.75) is 30.2 Å². The first kappa shape index (κ1) is 20.0. The Morgan fingerprint density at radius 2 is 1.83 bits per heavy atom. The highest BCUT2D eigenvalue weighted by molar-refractivity contribution is 8.22. The minimum Gasteiger partial charge on any atom is -0.394 e. The minimum absolute atomic E-state index is 0.378. The molecule has 23 heavy (non-hydrogen) atoms. The molecule has 7 nitrogen and oxygen atoms in total. The van der Waals surface area contributed by atoms with Crippen LogP contribution in [0.25, 0.3) is 0 Å². The molecule has 0 aliphatic heterocycles. The lowest BCUT2D eigenvalue weighted by Gasteiger charge is -2.23. The summed E-state index contributed by atoms with van der Waals surface area (Å²) >= 11 is 6.40. The van der Waals surface area contributed by atoms with Gasteiger partial charge in [-0.05, 0) is 5.56 Å². The molecule has 0 amide bonds. The highest BCUT2D eigenvalue weighted by atomic mass is 32.2. The summed E-state index contributed by atoms with van der Waals surface area (Å²) in [6.07, 6.45) is -5.51. The summed E-state index contributed by atoms with van der Waals surface area (Å²) in [4.78, 5) is 0. The van der Waals surface area contributed by atoms with Crippen molar-refractivity contribution < 1.29 is 25.5 Å². The number of aliphatic hydroxyl groups excluding tert-OH is 5. The average Bonchev–Trinajstić information content (AvgIpc) is 2.58. The SMILES string of the molecule is OC[C@@H](O)[C@@H](O)[C@H](O)[C@H](O)/C=N/NC(=S)SCc1ccccc1. The molecule has 0 aliphatic carbocycles. The molecule has 0 heterocycles. The lowest BCUT2D eigenvalue weighted by Crippen LogP contribution is -2.46. The number of hydrogen-bond donors (Lipinski definition) is 6. The highest BCUT2D eigenvalue weighted by Crippen LogP contribution is 2.12. The number of hydrogen-bond acceptors (Lipinski definition) is 8. The van der Waals surface area contributed by atoms with Gasteiger partial charge in [-0.15, -0.1) is 0 Å². The molecule has 0 unspecified atom stereocenters. The third kappa shape index (κ3) is 7.36. The lowest BCUT2D eigenvalue weighted by molar-refractivity contribution is -0.0999. The van der Waals surface area contributed by atoms with Crippen LogP contribution < -0.4 is 5.43 Å². The number of thiocarbonyl (C=S) groups is 1. The van der Waals surface area contributed by atoms with Gasteiger partial charge in [-0.3, -0.25) is 5.43 Å². The maximum absolute atomic E-state index is 9.61. The summed E-state index contributed by atoms with van der Waals surface area (Å²) in [6.45, 7) is -0.736. The summed E-state index contributed by atoms with van der Waals surface area (Å²) in [5, 5.41) is 50.2. The highest BCUT2D eigenvalue weighted by Gasteiger charge is 2.29. The number of aliphatic hydroxyl groups is 5. The Bertz CT molecular complexity index is 503. The second kappa shape index (κ2) is 10.7. The third-order valence-electron chi connectivity index (χ3n) is 2.88. The van der Waals surface area contributed by atoms with Crippen molar-refractivity contribution in [1.82, 2.24) is 5.43 Å². The van der Waals surface area contributed by atoms with E-state index in [9.17, 15) is 20.4 Å². The smallest absolute Gasteiger partial charge is 0.154 e. The maximum Gasteiger partial charge on any atom is 0.154 e. The van der Waals surface area contributed by atoms with Crippen molar-refractivity contribution in [2.24, 2.45) is 5.10 Å². The van der Waals surface area contributed by atoms with Crippen LogP contribution in [0.2, 0.25) is 0 Å². The van der Waals surface area contributed by atoms with E-state index in [1.165, 1.54) is 11.8 Å². The van der Waals surface area contributed by atoms with Crippen molar-refractivity contribution in [1.29, 1.82) is 0 Å². The van der Waals surface area contributed by atoms with Crippen molar-refractivity contribution >= 4 is 34.5 Å². The summed E-state index contributed by atoms with van der Waals surface area (Å²) in [6, 6.07) is 9.70. The summed E-state index contributed by atoms with van der Waals surface area (Å²) in [5.41, 5.74) is 3.62. The van der Waals surface area contributed by atoms with Crippen molar-refractivity contribution in [3.8, 4) is 0 Å². The molecule has 0 aliphatic rings. The number of thioether (sulfide) groups is 1. The van der Waals surface area contributed by atoms with Gasteiger partial charge < -0.3 is 25.5 Å². The van der Waals surface area contributed by atoms with E-state index < -0.39 is 31.0 Å². The van der Waals surface area contributed by atoms with Gasteiger partial charge in [0.25, 0.3) is 0 Å². The van der Waals surface area contributed by atoms with Crippen LogP contribution in [0.5, 0.6) is 0 Å². The summed E-state index contributed by atoms with van der Waals surface area (Å²) < 4.78 is 0.378. The van der Waals surface area contributed by atoms with Crippen LogP contribution in [0, 0.1) is 0 Å². The Kier molecular flexibility index (Phi) is 9.26. The average molecular weight is 360 g/mol. The van der Waals surface area contributed by atoms with Gasteiger partial charge in [0.2, 0.25) is 0 Å². The van der Waals surface area contributed by atoms with Crippen LogP contribution in [0.15, 0.2) is 35.4 Å². The Hall–Kier alpha value is -1.07. The van der Waals surface area contributed by atoms with E-state index in [1.807, 2.05) is 30.3 Å². The number of benzene rings is 1. The van der Waals surface area contributed by atoms with Gasteiger partial charge >= 0.3 is 0 Å². The van der Waals surface area contributed by atoms with Gasteiger partial charge in [-0.2, -0.15) is 5.10 Å². The molecule has 0 saturated heterocycles. The van der Waals surface area contributed by atoms with E-state index in [0.29, 0.717) is 10.1 Å². The standard InChI is InChI=1S/C14H20N2O5S2/c17-7-11(19)13(21)12(20)10(18)6-15-16-14(22)23-8-9-4-2-1-3-5-9/h1-6,10-13,17-21H,7-8H2,(H,16,22)/b15-6+/t10-,11-,12-,13-/m1/s1. The van der Waals surface area contributed by atoms with Crippen LogP contribution >= 0.6 is 24.0 Å². The molecule has 1 rings (SSSR count). The van der Waals surface area contributed by atoms with Gasteiger partial charge in [0.05, 0.1) is 12.8 Å². The van der Waals surface area contributed by atoms with Crippen molar-refractivity contribution in [3.05, 3.63) is 35.9 Å². The van der Waals surface area contributed by atoms with E-state index in [4.69, 9.17) is 17.3 Å². The van der Waals surface area contributed by atoms with Gasteiger partial charge in [0.1, 0.15) is 24.4 Å². The van der Waals surface area contributed by atoms with Gasteiger partial charge in [0.15, 0.2) is 4.32 Å². The molecule has 9 heteroatoms. The van der Waals surface area contributed by atoms with Crippen LogP contribution in [-0.2, 0) is 5.75 Å². The summed E-state index contributed by atoms with van der Waals surface area (Å²) in [5.74, 6) is 0.661. The first-order chi connectivity index (χ1) is 11.0.